The Kier molecular flexibility index (Phi) is 41.9. The first kappa shape index (κ1) is 48.2. The average molecular weight is 508 g/mol. The molecule has 198 valence electrons. The number of nitrogens with two attached hydrogens (primary N) is 1. The molecule has 0 rings (SSSR count). The maximum Gasteiger partial charge on any atom is 0.155 e. The molecule has 0 saturated heterocycles. The van der Waals surface area contributed by atoms with Crippen LogP contribution in [0.3, 0.4) is 0 Å². The van der Waals surface area contributed by atoms with E-state index >= 15 is 0 Å². The molecule has 0 radical (unpaired) electrons. The van der Waals surface area contributed by atoms with Gasteiger partial charge in [-0.1, -0.05) is 69.7 Å². The van der Waals surface area contributed by atoms with Crippen LogP contribution in [0, 0.1) is 15.7 Å². The van der Waals surface area contributed by atoms with Gasteiger partial charge >= 0.3 is 0 Å². The number of halogens is 2. The fourth-order valence-electron chi connectivity index (χ4n) is 0.549. The van der Waals surface area contributed by atoms with Crippen molar-refractivity contribution in [1.29, 1.82) is 0 Å². The van der Waals surface area contributed by atoms with E-state index in [1.165, 1.54) is 5.57 Å². The van der Waals surface area contributed by atoms with Crippen LogP contribution in [0.2, 0.25) is 0 Å². The van der Waals surface area contributed by atoms with Gasteiger partial charge in [0.2, 0.25) is 0 Å². The van der Waals surface area contributed by atoms with Crippen molar-refractivity contribution in [3.05, 3.63) is 21.5 Å². The molecule has 0 saturated carbocycles. The summed E-state index contributed by atoms with van der Waals surface area (Å²) >= 11 is 11.2. The van der Waals surface area contributed by atoms with Crippen LogP contribution in [0.25, 0.3) is 0 Å². The maximum absolute atomic E-state index is 9.82. The van der Waals surface area contributed by atoms with E-state index in [0.717, 1.165) is 6.42 Å². The molecule has 8 nitrogen and oxygen atoms in total. The Morgan fingerprint density at radius 1 is 1.06 bits per heavy atom. The second-order valence-electron chi connectivity index (χ2n) is 7.56. The number of alkyl halides is 2. The normalized spacial score (nSPS) is 12.4. The molecule has 3 N–H and O–H groups in total. The lowest BCUT2D eigenvalue weighted by Gasteiger charge is -2.16. The Bertz CT molecular complexity index is 470. The van der Waals surface area contributed by atoms with Crippen molar-refractivity contribution in [2.75, 3.05) is 6.61 Å². The van der Waals surface area contributed by atoms with Crippen LogP contribution in [-0.4, -0.2) is 33.4 Å². The standard InChI is InChI=1S/C5H10ClNO.C5H11NO2.C5H10.C4H9ClN2O.3CH4/c1-4(7-8)5(2,3)6;1-5(2)3-4-8-6-7;1-4-5(2)3;1-3(7-8)4(2,5)6;;;/h4H,1-3H3;5H,3-4H2,1-2H3;4H,1-3H3;8H,6H2,1-2H3;3*1H4/b;;;7-3+;;;. The van der Waals surface area contributed by atoms with Gasteiger partial charge in [-0.2, -0.15) is 4.91 Å². The Morgan fingerprint density at radius 2 is 1.44 bits per heavy atom. The highest BCUT2D eigenvalue weighted by molar-refractivity contribution is 6.34. The van der Waals surface area contributed by atoms with Gasteiger partial charge < -0.3 is 15.8 Å². The number of nitrogens with zero attached hydrogens (tertiary/aromatic N) is 3. The predicted molar refractivity (Wildman–Crippen MR) is 145 cm³/mol. The lowest BCUT2D eigenvalue weighted by atomic mass is 10.1. The molecule has 0 aliphatic heterocycles. The highest BCUT2D eigenvalue weighted by Gasteiger charge is 2.22. The van der Waals surface area contributed by atoms with E-state index < -0.39 is 9.87 Å². The lowest BCUT2D eigenvalue weighted by Crippen LogP contribution is -2.36. The zero-order chi connectivity index (χ0) is 24.3. The molecule has 0 fully saturated rings. The molecular formula is C22H52Cl2N4O4. The minimum Gasteiger partial charge on any atom is -0.411 e. The third-order valence-corrected chi connectivity index (χ3v) is 4.01. The molecule has 0 bridgehead atoms. The van der Waals surface area contributed by atoms with Crippen molar-refractivity contribution in [3.63, 3.8) is 0 Å². The minimum absolute atomic E-state index is 0. The van der Waals surface area contributed by atoms with Crippen LogP contribution in [0.4, 0.5) is 0 Å². The number of hydrogen-bond donors (Lipinski definition) is 2. The predicted octanol–water partition coefficient (Wildman–Crippen LogP) is 8.52. The summed E-state index contributed by atoms with van der Waals surface area (Å²) in [6.45, 7) is 19.1. The smallest absolute Gasteiger partial charge is 0.155 e. The molecule has 0 aliphatic rings. The molecule has 0 aromatic carbocycles. The highest BCUT2D eigenvalue weighted by atomic mass is 35.5. The molecule has 2 unspecified atom stereocenters. The third-order valence-electron chi connectivity index (χ3n) is 3.43. The van der Waals surface area contributed by atoms with Crippen molar-refractivity contribution in [2.24, 2.45) is 27.3 Å². The monoisotopic (exact) mass is 506 g/mol. The van der Waals surface area contributed by atoms with Gasteiger partial charge in [-0.15, -0.1) is 16.5 Å². The quantitative estimate of drug-likeness (QED) is 0.0522. The van der Waals surface area contributed by atoms with Crippen molar-refractivity contribution in [3.8, 4) is 0 Å². The Morgan fingerprint density at radius 3 is 1.53 bits per heavy atom. The summed E-state index contributed by atoms with van der Waals surface area (Å²) in [6.07, 6.45) is 2.98. The number of oxime groups is 1. The van der Waals surface area contributed by atoms with E-state index in [2.05, 4.69) is 54.3 Å². The Labute approximate surface area is 208 Å². The summed E-state index contributed by atoms with van der Waals surface area (Å²) in [5, 5.41) is 15.9. The van der Waals surface area contributed by atoms with Crippen LogP contribution >= 0.6 is 23.2 Å². The van der Waals surface area contributed by atoms with E-state index in [4.69, 9.17) is 34.1 Å². The summed E-state index contributed by atoms with van der Waals surface area (Å²) in [7, 11) is 0. The number of hydrogen-bond acceptors (Lipinski definition) is 8. The zero-order valence-corrected chi connectivity index (χ0v) is 21.0. The summed E-state index contributed by atoms with van der Waals surface area (Å²) in [5.41, 5.74) is 6.95. The van der Waals surface area contributed by atoms with Gasteiger partial charge in [-0.25, -0.2) is 0 Å². The Hall–Kier alpha value is -1.25. The largest absolute Gasteiger partial charge is 0.411 e. The lowest BCUT2D eigenvalue weighted by molar-refractivity contribution is 0.128. The molecule has 0 aromatic heterocycles. The minimum atomic E-state index is -1.02. The fraction of sp³-hybridized carbons (Fsp3) is 0.864. The first-order valence-electron chi connectivity index (χ1n) is 9.23. The van der Waals surface area contributed by atoms with Gasteiger partial charge in [0.05, 0.1) is 10.6 Å². The Balaban J connectivity index is -0.0000000512. The van der Waals surface area contributed by atoms with E-state index in [-0.39, 0.29) is 28.3 Å². The zero-order valence-electron chi connectivity index (χ0n) is 19.5. The van der Waals surface area contributed by atoms with Gasteiger partial charge in [0.1, 0.15) is 17.6 Å². The van der Waals surface area contributed by atoms with E-state index in [9.17, 15) is 9.81 Å². The topological polar surface area (TPSA) is 127 Å². The van der Waals surface area contributed by atoms with Crippen LogP contribution in [0.5, 0.6) is 0 Å². The van der Waals surface area contributed by atoms with Gasteiger partial charge in [-0.05, 0) is 67.7 Å². The van der Waals surface area contributed by atoms with Crippen molar-refractivity contribution < 1.29 is 10.0 Å². The molecule has 32 heavy (non-hydrogen) atoms. The molecule has 0 aliphatic carbocycles. The van der Waals surface area contributed by atoms with Crippen molar-refractivity contribution >= 4 is 28.9 Å². The summed E-state index contributed by atoms with van der Waals surface area (Å²) in [4.78, 5) is 21.8. The van der Waals surface area contributed by atoms with Crippen LogP contribution < -0.4 is 5.73 Å². The number of rotatable bonds is 7. The van der Waals surface area contributed by atoms with E-state index in [1.807, 2.05) is 6.92 Å². The van der Waals surface area contributed by atoms with Gasteiger partial charge in [-0.3, -0.25) is 0 Å². The second-order valence-corrected chi connectivity index (χ2v) is 9.32. The maximum atomic E-state index is 9.82. The summed E-state index contributed by atoms with van der Waals surface area (Å²) in [6, 6.07) is -0.316. The molecule has 10 heteroatoms. The van der Waals surface area contributed by atoms with Gasteiger partial charge in [0.25, 0.3) is 0 Å². The fourth-order valence-corrected chi connectivity index (χ4v) is 0.626. The highest BCUT2D eigenvalue weighted by Crippen LogP contribution is 2.19. The summed E-state index contributed by atoms with van der Waals surface area (Å²) < 4.78 is 0. The molecule has 0 amide bonds. The van der Waals surface area contributed by atoms with Crippen LogP contribution in [0.1, 0.15) is 97.9 Å². The molecule has 2 atom stereocenters. The summed E-state index contributed by atoms with van der Waals surface area (Å²) in [5.74, 6) is 0.580. The first-order valence-corrected chi connectivity index (χ1v) is 9.99. The van der Waals surface area contributed by atoms with Crippen molar-refractivity contribution in [2.45, 2.75) is 114 Å². The first-order chi connectivity index (χ1) is 13.0. The third kappa shape index (κ3) is 46.8. The SMILES string of the molecule is C.C.C.C/C(=N\O)C(C)(N)Cl.CC(C)CCON=O.CC(N=O)C(C)(C)Cl.CC=C(C)C. The van der Waals surface area contributed by atoms with Gasteiger partial charge in [0.15, 0.2) is 5.34 Å². The van der Waals surface area contributed by atoms with E-state index in [1.54, 1.807) is 34.6 Å². The van der Waals surface area contributed by atoms with Gasteiger partial charge in [0, 0.05) is 0 Å². The average Bonchev–Trinajstić information content (AvgIpc) is 2.60. The molecule has 0 heterocycles. The number of nitroso groups, excluding NO2 is 1. The molecular weight excluding hydrogens is 455 g/mol. The molecule has 0 spiro atoms. The van der Waals surface area contributed by atoms with E-state index in [0.29, 0.717) is 18.2 Å². The van der Waals surface area contributed by atoms with Crippen molar-refractivity contribution in [1.82, 2.24) is 0 Å². The number of allylic oxidation sites excluding steroid dienone is 2. The molecule has 0 aromatic rings. The van der Waals surface area contributed by atoms with Crippen LogP contribution in [-0.2, 0) is 4.84 Å². The van der Waals surface area contributed by atoms with Crippen LogP contribution in [0.15, 0.2) is 27.3 Å². The second kappa shape index (κ2) is 27.8.